The van der Waals surface area contributed by atoms with E-state index < -0.39 is 28.6 Å². The van der Waals surface area contributed by atoms with E-state index >= 15 is 0 Å². The first-order valence-corrected chi connectivity index (χ1v) is 6.21. The van der Waals surface area contributed by atoms with Gasteiger partial charge in [-0.1, -0.05) is 6.07 Å². The van der Waals surface area contributed by atoms with E-state index in [9.17, 15) is 18.6 Å². The van der Waals surface area contributed by atoms with Gasteiger partial charge in [0.25, 0.3) is 5.91 Å². The summed E-state index contributed by atoms with van der Waals surface area (Å²) < 4.78 is 11.4. The van der Waals surface area contributed by atoms with E-state index in [0.29, 0.717) is 0 Å². The first-order valence-electron chi connectivity index (χ1n) is 4.65. The largest absolute Gasteiger partial charge is 0.474 e. The van der Waals surface area contributed by atoms with Crippen molar-refractivity contribution >= 4 is 34.3 Å². The lowest BCUT2D eigenvalue weighted by molar-refractivity contribution is -0.147. The molecule has 0 bridgehead atoms. The number of carboxylic acids is 1. The van der Waals surface area contributed by atoms with E-state index in [0.717, 1.165) is 0 Å². The fourth-order valence-corrected chi connectivity index (χ4v) is 2.07. The maximum atomic E-state index is 11.4. The van der Waals surface area contributed by atoms with Crippen molar-refractivity contribution < 1.29 is 23.7 Å². The van der Waals surface area contributed by atoms with Crippen LogP contribution in [0, 0.1) is 0 Å². The van der Waals surface area contributed by atoms with Crippen LogP contribution in [-0.2, 0) is 20.4 Å². The van der Waals surface area contributed by atoms with Crippen molar-refractivity contribution in [3.63, 3.8) is 0 Å². The molecular weight excluding hydrogens is 260 g/mol. The number of rotatable bonds is 3. The smallest absolute Gasteiger partial charge is 0.394 e. The van der Waals surface area contributed by atoms with Gasteiger partial charge in [-0.15, -0.1) is 0 Å². The lowest BCUT2D eigenvalue weighted by atomic mass is 10.1. The lowest BCUT2D eigenvalue weighted by Crippen LogP contribution is -2.25. The Balaban J connectivity index is 3.32. The number of aliphatic carboxylic acids is 1. The highest BCUT2D eigenvalue weighted by atomic mass is 32.2. The van der Waals surface area contributed by atoms with Gasteiger partial charge in [0, 0.05) is 6.26 Å². The van der Waals surface area contributed by atoms with Crippen LogP contribution in [0.25, 0.3) is 0 Å². The first kappa shape index (κ1) is 13.8. The van der Waals surface area contributed by atoms with Crippen LogP contribution in [0.4, 0.5) is 5.69 Å². The Kier molecular flexibility index (Phi) is 4.16. The maximum Gasteiger partial charge on any atom is 0.394 e. The number of benzene rings is 1. The van der Waals surface area contributed by atoms with Crippen LogP contribution in [0.2, 0.25) is 0 Å². The molecule has 0 heterocycles. The van der Waals surface area contributed by atoms with Gasteiger partial charge in [0.1, 0.15) is 0 Å². The van der Waals surface area contributed by atoms with Crippen LogP contribution in [0.5, 0.6) is 0 Å². The Hall–Kier alpha value is -2.22. The monoisotopic (exact) mass is 270 g/mol. The second-order valence-electron chi connectivity index (χ2n) is 3.26. The van der Waals surface area contributed by atoms with Crippen molar-refractivity contribution in [3.05, 3.63) is 23.8 Å². The van der Waals surface area contributed by atoms with Crippen molar-refractivity contribution in [1.29, 1.82) is 0 Å². The fraction of sp³-hybridized carbons (Fsp3) is 0.100. The molecule has 0 aromatic heterocycles. The molecular formula is C10H10N2O5S. The summed E-state index contributed by atoms with van der Waals surface area (Å²) in [5.41, 5.74) is 4.89. The topological polar surface area (TPSA) is 127 Å². The van der Waals surface area contributed by atoms with Gasteiger partial charge in [-0.25, -0.2) is 4.79 Å². The van der Waals surface area contributed by atoms with E-state index in [1.54, 1.807) is 0 Å². The molecule has 1 rings (SSSR count). The fourth-order valence-electron chi connectivity index (χ4n) is 1.30. The third-order valence-corrected chi connectivity index (χ3v) is 2.98. The Bertz CT molecular complexity index is 555. The molecule has 1 aromatic rings. The predicted molar refractivity (Wildman–Crippen MR) is 63.6 cm³/mol. The highest BCUT2D eigenvalue weighted by Crippen LogP contribution is 2.22. The van der Waals surface area contributed by atoms with Gasteiger partial charge in [0.15, 0.2) is 0 Å². The normalized spacial score (nSPS) is 11.6. The summed E-state index contributed by atoms with van der Waals surface area (Å²) >= 11 is 0. The number of amides is 2. The van der Waals surface area contributed by atoms with Gasteiger partial charge >= 0.3 is 11.9 Å². The molecule has 7 nitrogen and oxygen atoms in total. The number of anilines is 1. The molecule has 0 aliphatic heterocycles. The zero-order chi connectivity index (χ0) is 13.9. The second-order valence-corrected chi connectivity index (χ2v) is 4.60. The summed E-state index contributed by atoms with van der Waals surface area (Å²) in [6.07, 6.45) is 1.34. The number of carboxylic acid groups (broad SMARTS) is 1. The summed E-state index contributed by atoms with van der Waals surface area (Å²) in [6.45, 7) is 0. The molecule has 8 heteroatoms. The summed E-state index contributed by atoms with van der Waals surface area (Å²) in [5, 5.41) is 10.5. The summed E-state index contributed by atoms with van der Waals surface area (Å²) in [7, 11) is -1.50. The van der Waals surface area contributed by atoms with Gasteiger partial charge in [0.05, 0.1) is 26.9 Å². The summed E-state index contributed by atoms with van der Waals surface area (Å²) in [4.78, 5) is 32.9. The minimum Gasteiger partial charge on any atom is -0.474 e. The third-order valence-electron chi connectivity index (χ3n) is 2.02. The van der Waals surface area contributed by atoms with E-state index in [1.165, 1.54) is 24.5 Å². The standard InChI is InChI=1S/C10H10N2O5S/c1-18(17)6-4-2-3-5(7(6)8(11)13)12-9(14)10(15)16/h2-4H,1H3,(H2,11,13)(H,12,14)(H,15,16). The van der Waals surface area contributed by atoms with E-state index in [1.807, 2.05) is 5.32 Å². The molecule has 96 valence electrons. The van der Waals surface area contributed by atoms with Crippen LogP contribution in [-0.4, -0.2) is 33.4 Å². The van der Waals surface area contributed by atoms with E-state index in [-0.39, 0.29) is 16.1 Å². The molecule has 0 saturated heterocycles. The van der Waals surface area contributed by atoms with Crippen LogP contribution in [0.3, 0.4) is 0 Å². The Morgan fingerprint density at radius 2 is 1.94 bits per heavy atom. The molecule has 1 aromatic carbocycles. The van der Waals surface area contributed by atoms with Gasteiger partial charge in [0.2, 0.25) is 0 Å². The quantitative estimate of drug-likeness (QED) is 0.641. The van der Waals surface area contributed by atoms with Crippen LogP contribution in [0.1, 0.15) is 10.4 Å². The molecule has 0 spiro atoms. The Labute approximate surface area is 104 Å². The van der Waals surface area contributed by atoms with Crippen molar-refractivity contribution in [1.82, 2.24) is 0 Å². The molecule has 0 aliphatic carbocycles. The number of carbonyl (C=O) groups excluding carboxylic acids is 2. The number of carbonyl (C=O) groups is 3. The number of primary amides is 1. The van der Waals surface area contributed by atoms with Crippen LogP contribution < -0.4 is 11.1 Å². The number of nitrogens with two attached hydrogens (primary N) is 1. The third kappa shape index (κ3) is 2.92. The molecule has 0 aliphatic rings. The maximum absolute atomic E-state index is 11.4. The minimum absolute atomic E-state index is 0.0809. The Morgan fingerprint density at radius 3 is 2.39 bits per heavy atom. The zero-order valence-corrected chi connectivity index (χ0v) is 10.1. The number of nitrogens with one attached hydrogen (secondary N) is 1. The number of hydrogen-bond acceptors (Lipinski definition) is 4. The number of hydrogen-bond donors (Lipinski definition) is 3. The van der Waals surface area contributed by atoms with Crippen LogP contribution >= 0.6 is 0 Å². The summed E-state index contributed by atoms with van der Waals surface area (Å²) in [5.74, 6) is -3.91. The van der Waals surface area contributed by atoms with Gasteiger partial charge in [-0.3, -0.25) is 13.8 Å². The average molecular weight is 270 g/mol. The molecule has 2 amide bonds. The average Bonchev–Trinajstić information content (AvgIpc) is 2.27. The van der Waals surface area contributed by atoms with E-state index in [2.05, 4.69) is 0 Å². The van der Waals surface area contributed by atoms with Crippen molar-refractivity contribution in [2.75, 3.05) is 11.6 Å². The molecule has 0 fully saturated rings. The minimum atomic E-state index is -1.70. The van der Waals surface area contributed by atoms with Gasteiger partial charge in [-0.2, -0.15) is 0 Å². The molecule has 4 N–H and O–H groups in total. The van der Waals surface area contributed by atoms with Crippen molar-refractivity contribution in [3.8, 4) is 0 Å². The van der Waals surface area contributed by atoms with Gasteiger partial charge < -0.3 is 16.2 Å². The van der Waals surface area contributed by atoms with Crippen LogP contribution in [0.15, 0.2) is 23.1 Å². The van der Waals surface area contributed by atoms with Crippen molar-refractivity contribution in [2.45, 2.75) is 4.90 Å². The molecule has 18 heavy (non-hydrogen) atoms. The highest BCUT2D eigenvalue weighted by Gasteiger charge is 2.19. The van der Waals surface area contributed by atoms with E-state index in [4.69, 9.17) is 10.8 Å². The predicted octanol–water partition coefficient (Wildman–Crippen LogP) is -0.454. The first-order chi connectivity index (χ1) is 8.34. The Morgan fingerprint density at radius 1 is 1.33 bits per heavy atom. The molecule has 1 unspecified atom stereocenters. The molecule has 1 atom stereocenters. The second kappa shape index (κ2) is 5.41. The summed E-state index contributed by atoms with van der Waals surface area (Å²) in [6, 6.07) is 4.14. The zero-order valence-electron chi connectivity index (χ0n) is 9.30. The van der Waals surface area contributed by atoms with Gasteiger partial charge in [-0.05, 0) is 12.1 Å². The van der Waals surface area contributed by atoms with Crippen molar-refractivity contribution in [2.24, 2.45) is 5.73 Å². The highest BCUT2D eigenvalue weighted by molar-refractivity contribution is 7.84. The SMILES string of the molecule is CS(=O)c1cccc(NC(=O)C(=O)O)c1C(N)=O. The lowest BCUT2D eigenvalue weighted by Gasteiger charge is -2.10. The molecule has 0 saturated carbocycles. The molecule has 0 radical (unpaired) electrons.